The van der Waals surface area contributed by atoms with Crippen LogP contribution in [0.3, 0.4) is 0 Å². The van der Waals surface area contributed by atoms with Crippen molar-refractivity contribution in [1.82, 2.24) is 5.32 Å². The van der Waals surface area contributed by atoms with Gasteiger partial charge in [0.15, 0.2) is 0 Å². The number of amides is 2. The molecule has 2 aromatic carbocycles. The highest BCUT2D eigenvalue weighted by Crippen LogP contribution is 2.27. The number of thiophene rings is 1. The maximum atomic E-state index is 12.9. The van der Waals surface area contributed by atoms with Crippen LogP contribution in [0.15, 0.2) is 65.7 Å². The predicted octanol–water partition coefficient (Wildman–Crippen LogP) is 5.13. The summed E-state index contributed by atoms with van der Waals surface area (Å²) in [5, 5.41) is 7.76. The monoisotopic (exact) mass is 426 g/mol. The molecule has 0 saturated carbocycles. The third-order valence-electron chi connectivity index (χ3n) is 4.12. The Labute approximate surface area is 178 Å². The molecule has 148 valence electrons. The van der Waals surface area contributed by atoms with Crippen molar-refractivity contribution < 1.29 is 14.3 Å². The number of halogens is 1. The Bertz CT molecular complexity index is 1060. The molecule has 7 heteroatoms. The van der Waals surface area contributed by atoms with Gasteiger partial charge >= 0.3 is 0 Å². The minimum Gasteiger partial charge on any atom is -0.495 e. The van der Waals surface area contributed by atoms with Crippen molar-refractivity contribution in [3.05, 3.63) is 86.7 Å². The van der Waals surface area contributed by atoms with Crippen LogP contribution in [0.4, 0.5) is 5.69 Å². The van der Waals surface area contributed by atoms with Gasteiger partial charge in [0.2, 0.25) is 0 Å². The minimum absolute atomic E-state index is 0.132. The van der Waals surface area contributed by atoms with E-state index in [1.807, 2.05) is 36.6 Å². The Morgan fingerprint density at radius 3 is 2.55 bits per heavy atom. The van der Waals surface area contributed by atoms with E-state index >= 15 is 0 Å². The zero-order valence-electron chi connectivity index (χ0n) is 15.9. The number of carbonyl (C=O) groups excluding carboxylic acids is 2. The molecule has 0 aliphatic carbocycles. The summed E-state index contributed by atoms with van der Waals surface area (Å²) in [5.41, 5.74) is 1.95. The fourth-order valence-electron chi connectivity index (χ4n) is 2.63. The number of ether oxygens (including phenoxy) is 1. The molecule has 0 aliphatic heterocycles. The maximum absolute atomic E-state index is 12.9. The van der Waals surface area contributed by atoms with Gasteiger partial charge in [0.25, 0.3) is 11.8 Å². The van der Waals surface area contributed by atoms with Gasteiger partial charge in [0.1, 0.15) is 11.4 Å². The second kappa shape index (κ2) is 9.41. The van der Waals surface area contributed by atoms with Gasteiger partial charge < -0.3 is 15.4 Å². The molecule has 3 aromatic rings. The molecule has 2 N–H and O–H groups in total. The second-order valence-electron chi connectivity index (χ2n) is 6.15. The van der Waals surface area contributed by atoms with Crippen LogP contribution in [0.1, 0.15) is 20.8 Å². The lowest BCUT2D eigenvalue weighted by molar-refractivity contribution is -0.113. The second-order valence-corrected chi connectivity index (χ2v) is 7.53. The van der Waals surface area contributed by atoms with Crippen molar-refractivity contribution >= 4 is 46.5 Å². The third kappa shape index (κ3) is 5.25. The molecule has 5 nitrogen and oxygen atoms in total. The summed E-state index contributed by atoms with van der Waals surface area (Å²) in [6.07, 6.45) is 1.64. The highest BCUT2D eigenvalue weighted by molar-refractivity contribution is 7.10. The number of rotatable bonds is 6. The average Bonchev–Trinajstić information content (AvgIpc) is 3.21. The number of nitrogens with one attached hydrogen (secondary N) is 2. The molecule has 0 fully saturated rings. The number of benzene rings is 2. The van der Waals surface area contributed by atoms with Crippen LogP contribution in [-0.2, 0) is 4.79 Å². The fourth-order valence-corrected chi connectivity index (χ4v) is 3.55. The SMILES string of the molecule is COc1ccc(NC(=O)/C(=C/c2cccs2)NC(=O)c2ccccc2C)cc1Cl. The molecule has 0 unspecified atom stereocenters. The Morgan fingerprint density at radius 2 is 1.90 bits per heavy atom. The number of carbonyl (C=O) groups is 2. The van der Waals surface area contributed by atoms with Crippen LogP contribution >= 0.6 is 22.9 Å². The van der Waals surface area contributed by atoms with E-state index in [4.69, 9.17) is 16.3 Å². The summed E-state index contributed by atoms with van der Waals surface area (Å²) in [6, 6.07) is 15.9. The normalized spacial score (nSPS) is 11.1. The molecule has 0 bridgehead atoms. The van der Waals surface area contributed by atoms with Crippen LogP contribution < -0.4 is 15.4 Å². The van der Waals surface area contributed by atoms with Crippen LogP contribution in [0.2, 0.25) is 5.02 Å². The largest absolute Gasteiger partial charge is 0.495 e. The summed E-state index contributed by atoms with van der Waals surface area (Å²) in [7, 11) is 1.52. The van der Waals surface area contributed by atoms with E-state index in [9.17, 15) is 9.59 Å². The van der Waals surface area contributed by atoms with E-state index in [-0.39, 0.29) is 11.6 Å². The molecule has 0 saturated heterocycles. The van der Waals surface area contributed by atoms with Crippen molar-refractivity contribution in [2.75, 3.05) is 12.4 Å². The van der Waals surface area contributed by atoms with Gasteiger partial charge in [-0.1, -0.05) is 35.9 Å². The quantitative estimate of drug-likeness (QED) is 0.537. The molecule has 0 atom stereocenters. The van der Waals surface area contributed by atoms with Crippen LogP contribution in [0, 0.1) is 6.92 Å². The van der Waals surface area contributed by atoms with Crippen molar-refractivity contribution in [2.45, 2.75) is 6.92 Å². The first-order valence-electron chi connectivity index (χ1n) is 8.75. The summed E-state index contributed by atoms with van der Waals surface area (Å²) >= 11 is 7.59. The lowest BCUT2D eigenvalue weighted by Crippen LogP contribution is -2.31. The summed E-state index contributed by atoms with van der Waals surface area (Å²) in [6.45, 7) is 1.84. The Morgan fingerprint density at radius 1 is 1.10 bits per heavy atom. The topological polar surface area (TPSA) is 67.4 Å². The molecule has 1 heterocycles. The van der Waals surface area contributed by atoms with Gasteiger partial charge in [-0.05, 0) is 54.3 Å². The minimum atomic E-state index is -0.457. The van der Waals surface area contributed by atoms with Gasteiger partial charge in [-0.15, -0.1) is 11.3 Å². The first-order valence-corrected chi connectivity index (χ1v) is 10.0. The Kier molecular flexibility index (Phi) is 6.69. The van der Waals surface area contributed by atoms with Crippen molar-refractivity contribution in [2.24, 2.45) is 0 Å². The maximum Gasteiger partial charge on any atom is 0.272 e. The van der Waals surface area contributed by atoms with Crippen LogP contribution in [-0.4, -0.2) is 18.9 Å². The van der Waals surface area contributed by atoms with Gasteiger partial charge in [0.05, 0.1) is 12.1 Å². The van der Waals surface area contributed by atoms with Crippen LogP contribution in [0.5, 0.6) is 5.75 Å². The zero-order chi connectivity index (χ0) is 20.8. The number of anilines is 1. The molecule has 29 heavy (non-hydrogen) atoms. The summed E-state index contributed by atoms with van der Waals surface area (Å²) in [5.74, 6) is -0.303. The van der Waals surface area contributed by atoms with E-state index in [1.54, 1.807) is 36.4 Å². The average molecular weight is 427 g/mol. The number of aryl methyl sites for hydroxylation is 1. The lowest BCUT2D eigenvalue weighted by Gasteiger charge is -2.13. The standard InChI is InChI=1S/C22H19ClN2O3S/c1-14-6-3-4-8-17(14)21(26)25-19(13-16-7-5-11-29-16)22(27)24-15-9-10-20(28-2)18(23)12-15/h3-13H,1-2H3,(H,24,27)(H,25,26)/b19-13-. The fraction of sp³-hybridized carbons (Fsp3) is 0.0909. The lowest BCUT2D eigenvalue weighted by atomic mass is 10.1. The van der Waals surface area contributed by atoms with Crippen molar-refractivity contribution in [1.29, 1.82) is 0 Å². The number of hydrogen-bond acceptors (Lipinski definition) is 4. The molecule has 1 aromatic heterocycles. The van der Waals surface area contributed by atoms with E-state index in [0.717, 1.165) is 10.4 Å². The highest BCUT2D eigenvalue weighted by atomic mass is 35.5. The first kappa shape index (κ1) is 20.6. The third-order valence-corrected chi connectivity index (χ3v) is 5.24. The van der Waals surface area contributed by atoms with Crippen molar-refractivity contribution in [3.8, 4) is 5.75 Å². The molecule has 3 rings (SSSR count). The Balaban J connectivity index is 1.85. The van der Waals surface area contributed by atoms with E-state index in [1.165, 1.54) is 18.4 Å². The number of methoxy groups -OCH3 is 1. The van der Waals surface area contributed by atoms with Gasteiger partial charge in [-0.3, -0.25) is 9.59 Å². The predicted molar refractivity (Wildman–Crippen MR) is 118 cm³/mol. The van der Waals surface area contributed by atoms with Crippen LogP contribution in [0.25, 0.3) is 6.08 Å². The number of hydrogen-bond donors (Lipinski definition) is 2. The molecule has 0 spiro atoms. The van der Waals surface area contributed by atoms with Gasteiger partial charge in [-0.2, -0.15) is 0 Å². The smallest absolute Gasteiger partial charge is 0.272 e. The molecular weight excluding hydrogens is 408 g/mol. The molecule has 2 amide bonds. The van der Waals surface area contributed by atoms with Gasteiger partial charge in [-0.25, -0.2) is 0 Å². The Hall–Kier alpha value is -3.09. The van der Waals surface area contributed by atoms with Crippen molar-refractivity contribution in [3.63, 3.8) is 0 Å². The van der Waals surface area contributed by atoms with E-state index in [0.29, 0.717) is 22.0 Å². The molecule has 0 aliphatic rings. The summed E-state index contributed by atoms with van der Waals surface area (Å²) < 4.78 is 5.12. The van der Waals surface area contributed by atoms with E-state index < -0.39 is 5.91 Å². The van der Waals surface area contributed by atoms with Gasteiger partial charge in [0, 0.05) is 16.1 Å². The highest BCUT2D eigenvalue weighted by Gasteiger charge is 2.17. The molecular formula is C22H19ClN2O3S. The first-order chi connectivity index (χ1) is 14.0. The summed E-state index contributed by atoms with van der Waals surface area (Å²) in [4.78, 5) is 26.5. The molecule has 0 radical (unpaired) electrons. The van der Waals surface area contributed by atoms with E-state index in [2.05, 4.69) is 10.6 Å². The zero-order valence-corrected chi connectivity index (χ0v) is 17.4.